The van der Waals surface area contributed by atoms with Gasteiger partial charge in [0.15, 0.2) is 0 Å². The third-order valence-electron chi connectivity index (χ3n) is 2.87. The van der Waals surface area contributed by atoms with Gasteiger partial charge in [-0.25, -0.2) is 14.5 Å². The maximum Gasteiger partial charge on any atom is 0.116 e. The fourth-order valence-corrected chi connectivity index (χ4v) is 2.16. The van der Waals surface area contributed by atoms with Gasteiger partial charge >= 0.3 is 0 Å². The van der Waals surface area contributed by atoms with Gasteiger partial charge in [0.05, 0.1) is 23.4 Å². The molecule has 0 fully saturated rings. The fraction of sp³-hybridized carbons (Fsp3) is 0. The molecule has 0 saturated heterocycles. The minimum Gasteiger partial charge on any atom is -0.254 e. The highest BCUT2D eigenvalue weighted by atomic mass is 15.2. The van der Waals surface area contributed by atoms with Crippen molar-refractivity contribution in [2.75, 3.05) is 0 Å². The zero-order valence-electron chi connectivity index (χ0n) is 8.78. The predicted octanol–water partition coefficient (Wildman–Crippen LogP) is 1.83. The molecular weight excluding hydrogens is 214 g/mol. The van der Waals surface area contributed by atoms with Crippen molar-refractivity contribution in [2.45, 2.75) is 0 Å². The first-order valence-electron chi connectivity index (χ1n) is 5.25. The van der Waals surface area contributed by atoms with Gasteiger partial charge in [-0.1, -0.05) is 0 Å². The average molecular weight is 221 g/mol. The van der Waals surface area contributed by atoms with Crippen LogP contribution in [0.15, 0.2) is 43.1 Å². The average Bonchev–Trinajstić information content (AvgIpc) is 2.89. The van der Waals surface area contributed by atoms with Gasteiger partial charge in [-0.2, -0.15) is 5.10 Å². The van der Waals surface area contributed by atoms with Crippen molar-refractivity contribution in [3.8, 4) is 0 Å². The van der Waals surface area contributed by atoms with Gasteiger partial charge in [-0.15, -0.1) is 0 Å². The normalized spacial score (nSPS) is 11.5. The molecule has 0 aliphatic carbocycles. The smallest absolute Gasteiger partial charge is 0.116 e. The van der Waals surface area contributed by atoms with E-state index < -0.39 is 0 Å². The van der Waals surface area contributed by atoms with Crippen molar-refractivity contribution >= 4 is 27.5 Å². The summed E-state index contributed by atoms with van der Waals surface area (Å²) in [5, 5.41) is 5.32. The predicted molar refractivity (Wildman–Crippen MR) is 63.6 cm³/mol. The second-order valence-electron chi connectivity index (χ2n) is 3.78. The van der Waals surface area contributed by atoms with E-state index in [0.717, 1.165) is 27.5 Å². The molecule has 4 aromatic rings. The molecule has 4 heterocycles. The number of hydrogen-bond donors (Lipinski definition) is 0. The van der Waals surface area contributed by atoms with Crippen LogP contribution in [0.2, 0.25) is 0 Å². The minimum atomic E-state index is 0.874. The van der Waals surface area contributed by atoms with Gasteiger partial charge in [-0.3, -0.25) is 4.98 Å². The summed E-state index contributed by atoms with van der Waals surface area (Å²) in [6, 6.07) is 5.88. The molecule has 0 radical (unpaired) electrons. The first kappa shape index (κ1) is 8.58. The molecule has 0 amide bonds. The van der Waals surface area contributed by atoms with Gasteiger partial charge in [0, 0.05) is 11.6 Å². The molecule has 0 atom stereocenters. The van der Waals surface area contributed by atoms with E-state index in [-0.39, 0.29) is 0 Å². The Morgan fingerprint density at radius 2 is 1.88 bits per heavy atom. The van der Waals surface area contributed by atoms with Crippen LogP contribution in [-0.2, 0) is 0 Å². The van der Waals surface area contributed by atoms with Crippen molar-refractivity contribution < 1.29 is 0 Å². The summed E-state index contributed by atoms with van der Waals surface area (Å²) in [4.78, 5) is 12.8. The van der Waals surface area contributed by atoms with Crippen LogP contribution in [0.25, 0.3) is 27.5 Å². The lowest BCUT2D eigenvalue weighted by Crippen LogP contribution is -1.95. The zero-order valence-corrected chi connectivity index (χ0v) is 8.78. The Kier molecular flexibility index (Phi) is 1.50. The summed E-state index contributed by atoms with van der Waals surface area (Å²) in [5.74, 6) is 0. The Hall–Kier alpha value is -2.56. The van der Waals surface area contributed by atoms with E-state index in [4.69, 9.17) is 0 Å². The van der Waals surface area contributed by atoms with Crippen molar-refractivity contribution in [3.05, 3.63) is 43.1 Å². The van der Waals surface area contributed by atoms with Crippen LogP contribution in [-0.4, -0.2) is 24.6 Å². The van der Waals surface area contributed by atoms with Gasteiger partial charge in [0.25, 0.3) is 0 Å². The van der Waals surface area contributed by atoms with E-state index in [2.05, 4.69) is 20.1 Å². The third-order valence-corrected chi connectivity index (χ3v) is 2.87. The molecular formula is C12H7N5. The number of rotatable bonds is 0. The lowest BCUT2D eigenvalue weighted by Gasteiger charge is -2.04. The van der Waals surface area contributed by atoms with Gasteiger partial charge in [-0.05, 0) is 18.2 Å². The van der Waals surface area contributed by atoms with Crippen LogP contribution >= 0.6 is 0 Å². The molecule has 80 valence electrons. The van der Waals surface area contributed by atoms with Crippen molar-refractivity contribution in [2.24, 2.45) is 0 Å². The van der Waals surface area contributed by atoms with E-state index in [0.29, 0.717) is 0 Å². The van der Waals surface area contributed by atoms with E-state index in [1.54, 1.807) is 24.9 Å². The van der Waals surface area contributed by atoms with Gasteiger partial charge in [0.1, 0.15) is 17.4 Å². The Labute approximate surface area is 95.8 Å². The first-order valence-corrected chi connectivity index (χ1v) is 5.25. The quantitative estimate of drug-likeness (QED) is 0.425. The molecule has 0 spiro atoms. The number of fused-ring (bicyclic) bond motifs is 6. The standard InChI is InChI=1S/C12H7N5/c1-2-8-11(14-4-1)9-3-5-16-17(9)10-6-13-7-15-12(8)10/h1-7H. The summed E-state index contributed by atoms with van der Waals surface area (Å²) in [6.45, 7) is 0. The summed E-state index contributed by atoms with van der Waals surface area (Å²) in [5.41, 5.74) is 3.66. The molecule has 0 saturated carbocycles. The summed E-state index contributed by atoms with van der Waals surface area (Å²) in [7, 11) is 0. The molecule has 0 aliphatic rings. The zero-order chi connectivity index (χ0) is 11.2. The van der Waals surface area contributed by atoms with Crippen LogP contribution in [0, 0.1) is 0 Å². The van der Waals surface area contributed by atoms with Crippen LogP contribution in [0.3, 0.4) is 0 Å². The molecule has 0 aliphatic heterocycles. The van der Waals surface area contributed by atoms with Crippen LogP contribution in [0.4, 0.5) is 0 Å². The highest BCUT2D eigenvalue weighted by Gasteiger charge is 2.09. The second kappa shape index (κ2) is 2.98. The molecule has 5 heteroatoms. The maximum atomic E-state index is 4.41. The molecule has 0 N–H and O–H groups in total. The minimum absolute atomic E-state index is 0.874. The van der Waals surface area contributed by atoms with Crippen LogP contribution < -0.4 is 0 Å². The van der Waals surface area contributed by atoms with Gasteiger partial charge < -0.3 is 0 Å². The Morgan fingerprint density at radius 1 is 0.941 bits per heavy atom. The van der Waals surface area contributed by atoms with Crippen LogP contribution in [0.5, 0.6) is 0 Å². The molecule has 4 rings (SSSR count). The maximum absolute atomic E-state index is 4.41. The van der Waals surface area contributed by atoms with E-state index in [1.165, 1.54) is 0 Å². The number of aromatic nitrogens is 5. The van der Waals surface area contributed by atoms with Crippen molar-refractivity contribution in [1.29, 1.82) is 0 Å². The molecule has 4 aromatic heterocycles. The Morgan fingerprint density at radius 3 is 2.88 bits per heavy atom. The van der Waals surface area contributed by atoms with E-state index in [1.807, 2.05) is 22.7 Å². The van der Waals surface area contributed by atoms with E-state index in [9.17, 15) is 0 Å². The monoisotopic (exact) mass is 221 g/mol. The Bertz CT molecular complexity index is 779. The number of nitrogens with zero attached hydrogens (tertiary/aromatic N) is 5. The highest BCUT2D eigenvalue weighted by Crippen LogP contribution is 2.24. The second-order valence-corrected chi connectivity index (χ2v) is 3.78. The fourth-order valence-electron chi connectivity index (χ4n) is 2.16. The largest absolute Gasteiger partial charge is 0.254 e. The first-order chi connectivity index (χ1) is 8.45. The lowest BCUT2D eigenvalue weighted by atomic mass is 10.2. The molecule has 0 unspecified atom stereocenters. The summed E-state index contributed by atoms with van der Waals surface area (Å²) >= 11 is 0. The molecule has 0 bridgehead atoms. The van der Waals surface area contributed by atoms with Crippen LogP contribution in [0.1, 0.15) is 0 Å². The SMILES string of the molecule is c1cnc2c(c1)c1ncncc1n1nccc21. The summed E-state index contributed by atoms with van der Waals surface area (Å²) in [6.07, 6.45) is 6.86. The number of hydrogen-bond acceptors (Lipinski definition) is 4. The molecule has 0 aromatic carbocycles. The van der Waals surface area contributed by atoms with E-state index >= 15 is 0 Å². The topological polar surface area (TPSA) is 56.0 Å². The van der Waals surface area contributed by atoms with Gasteiger partial charge in [0.2, 0.25) is 0 Å². The number of pyridine rings is 2. The molecule has 5 nitrogen and oxygen atoms in total. The third kappa shape index (κ3) is 1.02. The lowest BCUT2D eigenvalue weighted by molar-refractivity contribution is 0.995. The highest BCUT2D eigenvalue weighted by molar-refractivity contribution is 6.08. The van der Waals surface area contributed by atoms with Crippen molar-refractivity contribution in [3.63, 3.8) is 0 Å². The van der Waals surface area contributed by atoms with Crippen molar-refractivity contribution in [1.82, 2.24) is 24.6 Å². The Balaban J connectivity index is 2.48. The summed E-state index contributed by atoms with van der Waals surface area (Å²) < 4.78 is 1.82. The molecule has 17 heavy (non-hydrogen) atoms.